The maximum absolute atomic E-state index is 6.13. The first-order valence-electron chi connectivity index (χ1n) is 13.6. The molecule has 3 N–H and O–H groups in total. The molecule has 194 valence electrons. The molecule has 1 aliphatic rings. The molecule has 5 nitrogen and oxygen atoms in total. The van der Waals surface area contributed by atoms with E-state index >= 15 is 0 Å². The zero-order chi connectivity index (χ0) is 26.0. The van der Waals surface area contributed by atoms with Gasteiger partial charge in [0.2, 0.25) is 0 Å². The van der Waals surface area contributed by atoms with Crippen molar-refractivity contribution < 1.29 is 9.47 Å². The van der Waals surface area contributed by atoms with Gasteiger partial charge in [0.1, 0.15) is 24.7 Å². The van der Waals surface area contributed by atoms with Crippen molar-refractivity contribution in [1.82, 2.24) is 15.3 Å². The average Bonchev–Trinajstić information content (AvgIpc) is 3.57. The topological polar surface area (TPSA) is 62.1 Å². The minimum Gasteiger partial charge on any atom is -0.489 e. The maximum Gasteiger partial charge on any atom is 0.120 e. The third-order valence-corrected chi connectivity index (χ3v) is 7.68. The molecule has 4 aromatic carbocycles. The Kier molecular flexibility index (Phi) is 6.27. The lowest BCUT2D eigenvalue weighted by Gasteiger charge is -2.24. The molecule has 0 saturated carbocycles. The van der Waals surface area contributed by atoms with Crippen LogP contribution in [0.15, 0.2) is 103 Å². The maximum atomic E-state index is 6.13. The van der Waals surface area contributed by atoms with Gasteiger partial charge in [-0.15, -0.1) is 0 Å². The molecule has 0 aliphatic carbocycles. The van der Waals surface area contributed by atoms with Crippen molar-refractivity contribution in [3.63, 3.8) is 0 Å². The molecule has 0 spiro atoms. The molecule has 0 saturated heterocycles. The Morgan fingerprint density at radius 3 is 2.03 bits per heavy atom. The quantitative estimate of drug-likeness (QED) is 0.201. The minimum atomic E-state index is 0.211. The van der Waals surface area contributed by atoms with Crippen LogP contribution in [0.5, 0.6) is 11.5 Å². The van der Waals surface area contributed by atoms with Crippen LogP contribution in [0.4, 0.5) is 0 Å². The molecule has 1 aliphatic heterocycles. The van der Waals surface area contributed by atoms with Gasteiger partial charge in [0.05, 0.1) is 6.04 Å². The molecule has 0 bridgehead atoms. The van der Waals surface area contributed by atoms with Crippen LogP contribution in [0.3, 0.4) is 0 Å². The van der Waals surface area contributed by atoms with Crippen LogP contribution in [0.2, 0.25) is 0 Å². The fourth-order valence-electron chi connectivity index (χ4n) is 5.67. The standard InChI is InChI=1S/C34H31N3O2/c1-3-7-23(8-4-1)21-38-26-11-13-31-29(18-26)25(20-36-31)17-33-34-28(15-16-35-33)30-19-27(12-14-32(30)37-34)39-22-24-9-5-2-6-10-24/h1-14,18-20,33,35-37H,15-17,21-22H2. The van der Waals surface area contributed by atoms with Crippen molar-refractivity contribution in [2.24, 2.45) is 0 Å². The van der Waals surface area contributed by atoms with Crippen molar-refractivity contribution in [2.45, 2.75) is 32.1 Å². The highest BCUT2D eigenvalue weighted by Gasteiger charge is 2.25. The van der Waals surface area contributed by atoms with Gasteiger partial charge in [-0.2, -0.15) is 0 Å². The molecule has 6 aromatic rings. The summed E-state index contributed by atoms with van der Waals surface area (Å²) in [5.74, 6) is 1.79. The first-order valence-corrected chi connectivity index (χ1v) is 13.6. The second kappa shape index (κ2) is 10.4. The molecule has 0 amide bonds. The molecule has 0 fully saturated rings. The van der Waals surface area contributed by atoms with Gasteiger partial charge in [-0.3, -0.25) is 0 Å². The van der Waals surface area contributed by atoms with Crippen molar-refractivity contribution in [3.8, 4) is 11.5 Å². The van der Waals surface area contributed by atoms with E-state index in [1.807, 2.05) is 42.5 Å². The Morgan fingerprint density at radius 1 is 0.692 bits per heavy atom. The predicted octanol–water partition coefficient (Wildman–Crippen LogP) is 7.24. The summed E-state index contributed by atoms with van der Waals surface area (Å²) in [7, 11) is 0. The first-order chi connectivity index (χ1) is 19.3. The predicted molar refractivity (Wildman–Crippen MR) is 156 cm³/mol. The molecule has 2 aromatic heterocycles. The van der Waals surface area contributed by atoms with Gasteiger partial charge in [-0.1, -0.05) is 60.7 Å². The first kappa shape index (κ1) is 23.6. The fourth-order valence-corrected chi connectivity index (χ4v) is 5.67. The summed E-state index contributed by atoms with van der Waals surface area (Å²) >= 11 is 0. The highest BCUT2D eigenvalue weighted by atomic mass is 16.5. The van der Waals surface area contributed by atoms with E-state index in [1.54, 1.807) is 0 Å². The van der Waals surface area contributed by atoms with E-state index in [-0.39, 0.29) is 6.04 Å². The van der Waals surface area contributed by atoms with Gasteiger partial charge in [0.15, 0.2) is 0 Å². The lowest BCUT2D eigenvalue weighted by atomic mass is 9.94. The van der Waals surface area contributed by atoms with Crippen LogP contribution in [-0.4, -0.2) is 16.5 Å². The van der Waals surface area contributed by atoms with E-state index in [0.29, 0.717) is 13.2 Å². The fraction of sp³-hybridized carbons (Fsp3) is 0.176. The van der Waals surface area contributed by atoms with Crippen molar-refractivity contribution in [1.29, 1.82) is 0 Å². The number of H-pyrrole nitrogens is 2. The summed E-state index contributed by atoms with van der Waals surface area (Å²) in [6.07, 6.45) is 4.03. The highest BCUT2D eigenvalue weighted by Crippen LogP contribution is 2.35. The van der Waals surface area contributed by atoms with Crippen LogP contribution in [-0.2, 0) is 26.1 Å². The van der Waals surface area contributed by atoms with E-state index in [9.17, 15) is 0 Å². The third kappa shape index (κ3) is 4.89. The summed E-state index contributed by atoms with van der Waals surface area (Å²) in [5, 5.41) is 6.23. The second-order valence-electron chi connectivity index (χ2n) is 10.3. The summed E-state index contributed by atoms with van der Waals surface area (Å²) in [6.45, 7) is 2.08. The van der Waals surface area contributed by atoms with E-state index in [0.717, 1.165) is 41.9 Å². The number of fused-ring (bicyclic) bond motifs is 4. The molecule has 3 heterocycles. The third-order valence-electron chi connectivity index (χ3n) is 7.68. The lowest BCUT2D eigenvalue weighted by molar-refractivity contribution is 0.306. The van der Waals surface area contributed by atoms with Gasteiger partial charge in [0, 0.05) is 33.7 Å². The zero-order valence-electron chi connectivity index (χ0n) is 21.7. The van der Waals surface area contributed by atoms with Crippen LogP contribution < -0.4 is 14.8 Å². The number of rotatable bonds is 8. The van der Waals surface area contributed by atoms with E-state index in [4.69, 9.17) is 9.47 Å². The summed E-state index contributed by atoms with van der Waals surface area (Å²) in [6, 6.07) is 33.5. The Balaban J connectivity index is 1.12. The lowest BCUT2D eigenvalue weighted by Crippen LogP contribution is -2.31. The SMILES string of the molecule is c1ccc(COc2ccc3[nH]cc(CC4NCCc5c4[nH]c4ccc(OCc6ccccc6)cc54)c3c2)cc1. The number of aromatic nitrogens is 2. The number of hydrogen-bond acceptors (Lipinski definition) is 3. The normalized spacial score (nSPS) is 14.9. The number of hydrogen-bond donors (Lipinski definition) is 3. The van der Waals surface area contributed by atoms with Gasteiger partial charge < -0.3 is 24.8 Å². The van der Waals surface area contributed by atoms with Gasteiger partial charge in [-0.25, -0.2) is 0 Å². The molecular formula is C34H31N3O2. The van der Waals surface area contributed by atoms with Crippen LogP contribution in [0.1, 0.15) is 34.0 Å². The molecular weight excluding hydrogens is 482 g/mol. The Hall–Kier alpha value is -4.48. The number of benzene rings is 4. The Bertz CT molecular complexity index is 1720. The monoisotopic (exact) mass is 513 g/mol. The molecule has 1 unspecified atom stereocenters. The Morgan fingerprint density at radius 2 is 1.33 bits per heavy atom. The van der Waals surface area contributed by atoms with Crippen LogP contribution >= 0.6 is 0 Å². The van der Waals surface area contributed by atoms with Crippen molar-refractivity contribution in [3.05, 3.63) is 131 Å². The van der Waals surface area contributed by atoms with Crippen LogP contribution in [0.25, 0.3) is 21.8 Å². The number of ether oxygens (including phenoxy) is 2. The van der Waals surface area contributed by atoms with Gasteiger partial charge >= 0.3 is 0 Å². The summed E-state index contributed by atoms with van der Waals surface area (Å²) in [5.41, 5.74) is 8.59. The Labute approximate surface area is 227 Å². The minimum absolute atomic E-state index is 0.211. The van der Waals surface area contributed by atoms with Gasteiger partial charge in [-0.05, 0) is 78.0 Å². The van der Waals surface area contributed by atoms with E-state index in [1.165, 1.54) is 38.7 Å². The molecule has 1 atom stereocenters. The molecule has 5 heteroatoms. The number of nitrogens with one attached hydrogen (secondary N) is 3. The second-order valence-corrected chi connectivity index (χ2v) is 10.3. The van der Waals surface area contributed by atoms with E-state index < -0.39 is 0 Å². The van der Waals surface area contributed by atoms with E-state index in [2.05, 4.69) is 76.1 Å². The smallest absolute Gasteiger partial charge is 0.120 e. The summed E-state index contributed by atoms with van der Waals surface area (Å²) < 4.78 is 12.3. The molecule has 0 radical (unpaired) electrons. The number of aromatic amines is 2. The average molecular weight is 514 g/mol. The summed E-state index contributed by atoms with van der Waals surface area (Å²) in [4.78, 5) is 7.18. The molecule has 7 rings (SSSR count). The molecule has 39 heavy (non-hydrogen) atoms. The van der Waals surface area contributed by atoms with Gasteiger partial charge in [0.25, 0.3) is 0 Å². The van der Waals surface area contributed by atoms with Crippen molar-refractivity contribution in [2.75, 3.05) is 6.54 Å². The largest absolute Gasteiger partial charge is 0.489 e. The highest BCUT2D eigenvalue weighted by molar-refractivity contribution is 5.87. The van der Waals surface area contributed by atoms with Crippen LogP contribution in [0, 0.1) is 0 Å². The zero-order valence-corrected chi connectivity index (χ0v) is 21.7. The van der Waals surface area contributed by atoms with Crippen molar-refractivity contribution >= 4 is 21.8 Å².